The van der Waals surface area contributed by atoms with Gasteiger partial charge < -0.3 is 33.8 Å². The molecule has 2 N–H and O–H groups in total. The zero-order valence-electron chi connectivity index (χ0n) is 18.9. The molecule has 11 nitrogen and oxygen atoms in total. The van der Waals surface area contributed by atoms with Gasteiger partial charge in [-0.2, -0.15) is 0 Å². The summed E-state index contributed by atoms with van der Waals surface area (Å²) in [5.41, 5.74) is 0.243. The number of ether oxygens (including phenoxy) is 3. The first-order valence-electron chi connectivity index (χ1n) is 10.0. The highest BCUT2D eigenvalue weighted by atomic mass is 127. The minimum atomic E-state index is -0.740. The number of fused-ring (bicyclic) bond motifs is 1. The third-order valence-corrected chi connectivity index (χ3v) is 5.57. The molecule has 2 fully saturated rings. The highest BCUT2D eigenvalue weighted by Crippen LogP contribution is 2.44. The lowest BCUT2D eigenvalue weighted by atomic mass is 10.1. The van der Waals surface area contributed by atoms with Crippen molar-refractivity contribution in [1.82, 2.24) is 14.9 Å². The number of aromatic nitrogens is 2. The Morgan fingerprint density at radius 1 is 1.41 bits per heavy atom. The van der Waals surface area contributed by atoms with Crippen molar-refractivity contribution in [1.29, 1.82) is 0 Å². The number of aldehydes is 2. The van der Waals surface area contributed by atoms with E-state index in [1.807, 2.05) is 27.7 Å². The summed E-state index contributed by atoms with van der Waals surface area (Å²) in [7, 11) is 4.60. The van der Waals surface area contributed by atoms with Gasteiger partial charge in [0, 0.05) is 41.2 Å². The van der Waals surface area contributed by atoms with E-state index < -0.39 is 12.0 Å². The van der Waals surface area contributed by atoms with Gasteiger partial charge in [-0.1, -0.05) is 13.8 Å². The molecule has 4 unspecified atom stereocenters. The lowest BCUT2D eigenvalue weighted by molar-refractivity contribution is -0.198. The van der Waals surface area contributed by atoms with E-state index in [2.05, 4.69) is 41.8 Å². The summed E-state index contributed by atoms with van der Waals surface area (Å²) >= 11 is 2.06. The van der Waals surface area contributed by atoms with E-state index in [9.17, 15) is 9.59 Å². The maximum absolute atomic E-state index is 11.5. The molecule has 2 saturated heterocycles. The number of guanidine groups is 1. The van der Waals surface area contributed by atoms with Crippen molar-refractivity contribution in [2.45, 2.75) is 58.0 Å². The van der Waals surface area contributed by atoms with Gasteiger partial charge in [-0.05, 0) is 13.8 Å². The van der Waals surface area contributed by atoms with Crippen LogP contribution in [0.15, 0.2) is 11.3 Å². The van der Waals surface area contributed by atoms with Crippen LogP contribution < -0.4 is 10.6 Å². The summed E-state index contributed by atoms with van der Waals surface area (Å²) in [5, 5.41) is 5.99. The molecule has 180 valence electrons. The van der Waals surface area contributed by atoms with E-state index in [1.165, 1.54) is 9.21 Å². The van der Waals surface area contributed by atoms with Crippen molar-refractivity contribution in [3.63, 3.8) is 0 Å². The molecule has 0 bridgehead atoms. The number of carbonyl (C=O) groups is 2. The smallest absolute Gasteiger partial charge is 0.196 e. The van der Waals surface area contributed by atoms with Gasteiger partial charge in [0.15, 0.2) is 24.3 Å². The molecule has 0 amide bonds. The lowest BCUT2D eigenvalue weighted by Gasteiger charge is -2.25. The van der Waals surface area contributed by atoms with Crippen LogP contribution in [0.5, 0.6) is 0 Å². The molecule has 13 heteroatoms. The van der Waals surface area contributed by atoms with E-state index in [0.29, 0.717) is 24.7 Å². The first kappa shape index (κ1) is 27.0. The molecule has 2 aliphatic heterocycles. The second-order valence-corrected chi connectivity index (χ2v) is 9.25. The van der Waals surface area contributed by atoms with Crippen LogP contribution in [-0.4, -0.2) is 72.9 Å². The van der Waals surface area contributed by atoms with Crippen molar-refractivity contribution in [3.8, 4) is 0 Å². The molecule has 1 aromatic rings. The number of rotatable bonds is 7. The molecular formula is C19H30IN5O6S. The highest BCUT2D eigenvalue weighted by molar-refractivity contribution is 14.2. The number of halogens is 1. The number of hydrogen-bond acceptors (Lipinski definition) is 9. The van der Waals surface area contributed by atoms with E-state index in [-0.39, 0.29) is 29.9 Å². The van der Waals surface area contributed by atoms with Crippen LogP contribution in [0, 0.1) is 5.92 Å². The molecule has 0 saturated carbocycles. The SMILES string of the molecule is CC(C)C=O.CN=C(NC)Nc1c(C=O)ncn1C1OC(COSI)C2OC(C)(C)OC21. The normalized spacial score (nSPS) is 26.3. The number of anilines is 1. The number of nitrogens with one attached hydrogen (secondary N) is 2. The number of carbonyl (C=O) groups excluding carboxylic acids is 2. The largest absolute Gasteiger partial charge is 0.359 e. The van der Waals surface area contributed by atoms with Gasteiger partial charge >= 0.3 is 0 Å². The van der Waals surface area contributed by atoms with Gasteiger partial charge in [0.25, 0.3) is 0 Å². The van der Waals surface area contributed by atoms with Crippen LogP contribution >= 0.6 is 30.4 Å². The van der Waals surface area contributed by atoms with Crippen LogP contribution in [0.1, 0.15) is 44.4 Å². The Morgan fingerprint density at radius 3 is 2.59 bits per heavy atom. The number of hydrogen-bond donors (Lipinski definition) is 2. The molecule has 0 spiro atoms. The lowest BCUT2D eigenvalue weighted by Crippen LogP contribution is -2.32. The summed E-state index contributed by atoms with van der Waals surface area (Å²) < 4.78 is 25.5. The van der Waals surface area contributed by atoms with Crippen LogP contribution in [0.3, 0.4) is 0 Å². The second-order valence-electron chi connectivity index (χ2n) is 7.81. The Morgan fingerprint density at radius 2 is 2.06 bits per heavy atom. The number of nitrogens with zero attached hydrogens (tertiary/aromatic N) is 3. The third kappa shape index (κ3) is 6.63. The van der Waals surface area contributed by atoms with Gasteiger partial charge in [0.05, 0.1) is 22.1 Å². The number of imidazole rings is 1. The fourth-order valence-corrected chi connectivity index (χ4v) is 3.86. The van der Waals surface area contributed by atoms with Crippen molar-refractivity contribution < 1.29 is 28.0 Å². The number of aliphatic imine (C=N–C) groups is 1. The summed E-state index contributed by atoms with van der Waals surface area (Å²) in [6.07, 6.45) is 1.61. The Bertz CT molecular complexity index is 805. The molecule has 1 aromatic heterocycles. The highest BCUT2D eigenvalue weighted by Gasteiger charge is 2.56. The van der Waals surface area contributed by atoms with Crippen LogP contribution in [0.2, 0.25) is 0 Å². The zero-order chi connectivity index (χ0) is 23.9. The second kappa shape index (κ2) is 12.3. The molecule has 4 atom stereocenters. The van der Waals surface area contributed by atoms with E-state index in [0.717, 1.165) is 6.29 Å². The molecule has 3 heterocycles. The van der Waals surface area contributed by atoms with Crippen molar-refractivity contribution in [2.24, 2.45) is 10.9 Å². The molecule has 32 heavy (non-hydrogen) atoms. The molecule has 2 aliphatic rings. The van der Waals surface area contributed by atoms with Crippen molar-refractivity contribution >= 4 is 54.8 Å². The van der Waals surface area contributed by atoms with Crippen molar-refractivity contribution in [2.75, 3.05) is 26.0 Å². The molecular weight excluding hydrogens is 553 g/mol. The Hall–Kier alpha value is -1.26. The molecule has 3 rings (SSSR count). The predicted molar refractivity (Wildman–Crippen MR) is 130 cm³/mol. The standard InChI is InChI=1S/C15H22IN5O5S.C4H8O/c1-15(2)25-10-9(6-23-27-16)24-13(11(10)26-15)21-7-19-8(5-22)12(21)20-14(17-3)18-4;1-4(2)3-5/h5,7,9-11,13H,6H2,1-4H3,(H2,17,18,20);3-4H,1-2H3. The monoisotopic (exact) mass is 583 g/mol. The van der Waals surface area contributed by atoms with Crippen molar-refractivity contribution in [3.05, 3.63) is 12.0 Å². The Labute approximate surface area is 204 Å². The average molecular weight is 583 g/mol. The Balaban J connectivity index is 0.000000654. The van der Waals surface area contributed by atoms with Gasteiger partial charge in [-0.25, -0.2) is 4.98 Å². The first-order valence-corrected chi connectivity index (χ1v) is 13.3. The first-order chi connectivity index (χ1) is 15.2. The summed E-state index contributed by atoms with van der Waals surface area (Å²) in [5.74, 6) is 0.409. The minimum absolute atomic E-state index is 0.204. The summed E-state index contributed by atoms with van der Waals surface area (Å²) in [6.45, 7) is 7.78. The topological polar surface area (TPSA) is 125 Å². The fraction of sp³-hybridized carbons (Fsp3) is 0.684. The maximum Gasteiger partial charge on any atom is 0.196 e. The molecule has 0 aromatic carbocycles. The summed E-state index contributed by atoms with van der Waals surface area (Å²) in [4.78, 5) is 29.2. The van der Waals surface area contributed by atoms with Crippen LogP contribution in [0.4, 0.5) is 5.82 Å². The molecule has 0 radical (unpaired) electrons. The fourth-order valence-electron chi connectivity index (χ4n) is 3.24. The average Bonchev–Trinajstić information content (AvgIpc) is 3.41. The van der Waals surface area contributed by atoms with Gasteiger partial charge in [-0.15, -0.1) is 0 Å². The van der Waals surface area contributed by atoms with E-state index in [4.69, 9.17) is 18.4 Å². The maximum atomic E-state index is 11.5. The van der Waals surface area contributed by atoms with Gasteiger partial charge in [0.1, 0.15) is 36.1 Å². The van der Waals surface area contributed by atoms with Crippen LogP contribution in [-0.2, 0) is 23.2 Å². The van der Waals surface area contributed by atoms with Gasteiger partial charge in [-0.3, -0.25) is 14.4 Å². The zero-order valence-corrected chi connectivity index (χ0v) is 21.9. The van der Waals surface area contributed by atoms with E-state index >= 15 is 0 Å². The minimum Gasteiger partial charge on any atom is -0.359 e. The molecule has 0 aliphatic carbocycles. The third-order valence-electron chi connectivity index (χ3n) is 4.58. The van der Waals surface area contributed by atoms with E-state index in [1.54, 1.807) is 25.0 Å². The quantitative estimate of drug-likeness (QED) is 0.163. The van der Waals surface area contributed by atoms with Crippen LogP contribution in [0.25, 0.3) is 0 Å². The predicted octanol–water partition coefficient (Wildman–Crippen LogP) is 2.59. The summed E-state index contributed by atoms with van der Waals surface area (Å²) in [6, 6.07) is 0. The van der Waals surface area contributed by atoms with Gasteiger partial charge in [0.2, 0.25) is 0 Å². The Kier molecular flexibility index (Phi) is 10.4.